The first-order valence-corrected chi connectivity index (χ1v) is 7.25. The predicted molar refractivity (Wildman–Crippen MR) is 77.2 cm³/mol. The van der Waals surface area contributed by atoms with Crippen LogP contribution in [0.25, 0.3) is 0 Å². The van der Waals surface area contributed by atoms with Crippen molar-refractivity contribution in [2.75, 3.05) is 0 Å². The van der Waals surface area contributed by atoms with E-state index in [1.54, 1.807) is 4.57 Å². The van der Waals surface area contributed by atoms with Crippen molar-refractivity contribution in [1.82, 2.24) is 9.88 Å². The second-order valence-electron chi connectivity index (χ2n) is 5.77. The molecule has 1 aromatic rings. The molecule has 2 N–H and O–H groups in total. The van der Waals surface area contributed by atoms with Gasteiger partial charge in [-0.25, -0.2) is 0 Å². The van der Waals surface area contributed by atoms with Crippen LogP contribution in [0.1, 0.15) is 56.1 Å². The molecule has 0 aromatic carbocycles. The number of aliphatic hydroxyl groups is 1. The second-order valence-corrected chi connectivity index (χ2v) is 5.77. The Balaban J connectivity index is 2.19. The molecule has 1 saturated carbocycles. The van der Waals surface area contributed by atoms with Crippen molar-refractivity contribution in [2.24, 2.45) is 0 Å². The third kappa shape index (κ3) is 3.41. The molecule has 1 aliphatic carbocycles. The highest BCUT2D eigenvalue weighted by atomic mass is 16.6. The van der Waals surface area contributed by atoms with E-state index in [1.807, 2.05) is 13.8 Å². The lowest BCUT2D eigenvalue weighted by atomic mass is 9.92. The molecule has 7 heteroatoms. The molecule has 21 heavy (non-hydrogen) atoms. The molecular formula is C14H21N3O4. The van der Waals surface area contributed by atoms with Crippen LogP contribution in [0.4, 0.5) is 5.69 Å². The van der Waals surface area contributed by atoms with Crippen LogP contribution in [0, 0.1) is 10.1 Å². The number of nitro groups is 1. The van der Waals surface area contributed by atoms with Crippen LogP contribution >= 0.6 is 0 Å². The number of amides is 1. The van der Waals surface area contributed by atoms with E-state index >= 15 is 0 Å². The fourth-order valence-electron chi connectivity index (χ4n) is 2.70. The molecule has 0 radical (unpaired) electrons. The zero-order valence-electron chi connectivity index (χ0n) is 12.3. The molecule has 1 fully saturated rings. The highest BCUT2D eigenvalue weighted by Crippen LogP contribution is 2.22. The SMILES string of the molecule is CC(C)n1cc([N+](=O)[O-])cc1C(=O)N[C@H]1CCCC[C@@H]1O. The molecule has 0 bridgehead atoms. The molecule has 1 aliphatic rings. The molecule has 1 amide bonds. The zero-order valence-corrected chi connectivity index (χ0v) is 12.3. The lowest BCUT2D eigenvalue weighted by Gasteiger charge is -2.28. The summed E-state index contributed by atoms with van der Waals surface area (Å²) >= 11 is 0. The molecule has 0 unspecified atom stereocenters. The van der Waals surface area contributed by atoms with E-state index in [9.17, 15) is 20.0 Å². The fourth-order valence-corrected chi connectivity index (χ4v) is 2.70. The van der Waals surface area contributed by atoms with Gasteiger partial charge in [0.25, 0.3) is 11.6 Å². The molecule has 0 saturated heterocycles. The van der Waals surface area contributed by atoms with Crippen molar-refractivity contribution in [3.63, 3.8) is 0 Å². The zero-order chi connectivity index (χ0) is 15.6. The molecular weight excluding hydrogens is 274 g/mol. The number of rotatable bonds is 4. The van der Waals surface area contributed by atoms with Gasteiger partial charge in [0.05, 0.1) is 23.3 Å². The number of hydrogen-bond acceptors (Lipinski definition) is 4. The normalized spacial score (nSPS) is 22.3. The van der Waals surface area contributed by atoms with Gasteiger partial charge in [0, 0.05) is 12.1 Å². The minimum Gasteiger partial charge on any atom is -0.391 e. The number of carbonyl (C=O) groups excluding carboxylic acids is 1. The van der Waals surface area contributed by atoms with E-state index in [-0.39, 0.29) is 29.4 Å². The highest BCUT2D eigenvalue weighted by Gasteiger charge is 2.27. The Morgan fingerprint density at radius 1 is 1.48 bits per heavy atom. The largest absolute Gasteiger partial charge is 0.391 e. The summed E-state index contributed by atoms with van der Waals surface area (Å²) in [5.74, 6) is -0.372. The summed E-state index contributed by atoms with van der Waals surface area (Å²) in [5.41, 5.74) is 0.160. The van der Waals surface area contributed by atoms with Crippen molar-refractivity contribution in [2.45, 2.75) is 57.7 Å². The number of nitrogens with zero attached hydrogens (tertiary/aromatic N) is 2. The van der Waals surface area contributed by atoms with Gasteiger partial charge in [-0.2, -0.15) is 0 Å². The first-order valence-electron chi connectivity index (χ1n) is 7.25. The Labute approximate surface area is 123 Å². The third-order valence-electron chi connectivity index (χ3n) is 3.88. The maximum atomic E-state index is 12.4. The van der Waals surface area contributed by atoms with Gasteiger partial charge in [-0.3, -0.25) is 14.9 Å². The van der Waals surface area contributed by atoms with Crippen molar-refractivity contribution in [1.29, 1.82) is 0 Å². The lowest BCUT2D eigenvalue weighted by molar-refractivity contribution is -0.384. The molecule has 116 valence electrons. The van der Waals surface area contributed by atoms with Crippen LogP contribution < -0.4 is 5.32 Å². The van der Waals surface area contributed by atoms with E-state index in [0.717, 1.165) is 19.3 Å². The maximum absolute atomic E-state index is 12.4. The predicted octanol–water partition coefficient (Wildman–Crippen LogP) is 2.01. The minimum atomic E-state index is -0.542. The summed E-state index contributed by atoms with van der Waals surface area (Å²) in [5, 5.41) is 23.6. The van der Waals surface area contributed by atoms with Gasteiger partial charge < -0.3 is 15.0 Å². The monoisotopic (exact) mass is 295 g/mol. The van der Waals surface area contributed by atoms with Gasteiger partial charge in [-0.05, 0) is 26.7 Å². The Morgan fingerprint density at radius 2 is 2.14 bits per heavy atom. The van der Waals surface area contributed by atoms with Crippen LogP contribution in [-0.2, 0) is 0 Å². The molecule has 1 aromatic heterocycles. The van der Waals surface area contributed by atoms with Crippen molar-refractivity contribution in [3.8, 4) is 0 Å². The van der Waals surface area contributed by atoms with Gasteiger partial charge in [0.15, 0.2) is 0 Å². The second kappa shape index (κ2) is 6.26. The molecule has 7 nitrogen and oxygen atoms in total. The van der Waals surface area contributed by atoms with E-state index in [0.29, 0.717) is 6.42 Å². The Bertz CT molecular complexity index is 538. The van der Waals surface area contributed by atoms with Gasteiger partial charge in [0.1, 0.15) is 5.69 Å². The first kappa shape index (κ1) is 15.5. The van der Waals surface area contributed by atoms with Crippen molar-refractivity contribution >= 4 is 11.6 Å². The van der Waals surface area contributed by atoms with E-state index in [2.05, 4.69) is 5.32 Å². The Hall–Kier alpha value is -1.89. The summed E-state index contributed by atoms with van der Waals surface area (Å²) < 4.78 is 1.59. The topological polar surface area (TPSA) is 97.4 Å². The number of nitrogens with one attached hydrogen (secondary N) is 1. The standard InChI is InChI=1S/C14H21N3O4/c1-9(2)16-8-10(17(20)21)7-12(16)14(19)15-11-5-3-4-6-13(11)18/h7-9,11,13,18H,3-6H2,1-2H3,(H,15,19)/t11-,13-/m0/s1. The van der Waals surface area contributed by atoms with E-state index < -0.39 is 11.0 Å². The van der Waals surface area contributed by atoms with Gasteiger partial charge in [0.2, 0.25) is 0 Å². The number of hydrogen-bond donors (Lipinski definition) is 2. The quantitative estimate of drug-likeness (QED) is 0.656. The van der Waals surface area contributed by atoms with Crippen LogP contribution in [0.2, 0.25) is 0 Å². The number of aliphatic hydroxyl groups excluding tert-OH is 1. The number of aromatic nitrogens is 1. The van der Waals surface area contributed by atoms with Crippen LogP contribution in [0.5, 0.6) is 0 Å². The van der Waals surface area contributed by atoms with Crippen molar-refractivity contribution < 1.29 is 14.8 Å². The molecule has 0 aliphatic heterocycles. The van der Waals surface area contributed by atoms with E-state index in [1.165, 1.54) is 12.3 Å². The molecule has 1 heterocycles. The Kier molecular flexibility index (Phi) is 4.62. The minimum absolute atomic E-state index is 0.0595. The summed E-state index contributed by atoms with van der Waals surface area (Å²) in [4.78, 5) is 22.7. The summed E-state index contributed by atoms with van der Waals surface area (Å²) in [6.45, 7) is 3.71. The average Bonchev–Trinajstić information content (AvgIpc) is 2.87. The van der Waals surface area contributed by atoms with Gasteiger partial charge in [-0.1, -0.05) is 12.8 Å². The lowest BCUT2D eigenvalue weighted by Crippen LogP contribution is -2.45. The molecule has 0 spiro atoms. The van der Waals surface area contributed by atoms with Crippen LogP contribution in [-0.4, -0.2) is 32.6 Å². The Morgan fingerprint density at radius 3 is 2.71 bits per heavy atom. The highest BCUT2D eigenvalue weighted by molar-refractivity contribution is 5.93. The van der Waals surface area contributed by atoms with Crippen LogP contribution in [0.15, 0.2) is 12.3 Å². The van der Waals surface area contributed by atoms with Gasteiger partial charge in [-0.15, -0.1) is 0 Å². The van der Waals surface area contributed by atoms with Crippen molar-refractivity contribution in [3.05, 3.63) is 28.1 Å². The fraction of sp³-hybridized carbons (Fsp3) is 0.643. The number of carbonyl (C=O) groups is 1. The molecule has 2 rings (SSSR count). The van der Waals surface area contributed by atoms with E-state index in [4.69, 9.17) is 0 Å². The average molecular weight is 295 g/mol. The third-order valence-corrected chi connectivity index (χ3v) is 3.88. The summed E-state index contributed by atoms with van der Waals surface area (Å²) in [6, 6.07) is 0.946. The van der Waals surface area contributed by atoms with Gasteiger partial charge >= 0.3 is 0 Å². The molecule has 2 atom stereocenters. The van der Waals surface area contributed by atoms with Crippen LogP contribution in [0.3, 0.4) is 0 Å². The first-order chi connectivity index (χ1) is 9.90. The summed E-state index contributed by atoms with van der Waals surface area (Å²) in [6.07, 6.45) is 4.17. The maximum Gasteiger partial charge on any atom is 0.287 e. The smallest absolute Gasteiger partial charge is 0.287 e. The summed E-state index contributed by atoms with van der Waals surface area (Å²) in [7, 11) is 0.